The van der Waals surface area contributed by atoms with Crippen LogP contribution in [0, 0.1) is 0 Å². The summed E-state index contributed by atoms with van der Waals surface area (Å²) in [5, 5.41) is 7.24. The molecule has 0 spiro atoms. The van der Waals surface area contributed by atoms with Crippen molar-refractivity contribution >= 4 is 0 Å². The third kappa shape index (κ3) is 1.75. The Morgan fingerprint density at radius 3 is 3.00 bits per heavy atom. The molecule has 0 unspecified atom stereocenters. The lowest BCUT2D eigenvalue weighted by Gasteiger charge is -2.25. The highest BCUT2D eigenvalue weighted by molar-refractivity contribution is 5.22. The molecule has 13 heavy (non-hydrogen) atoms. The Bertz CT molecular complexity index is 263. The Kier molecular flexibility index (Phi) is 2.64. The van der Waals surface area contributed by atoms with Gasteiger partial charge in [-0.1, -0.05) is 6.42 Å². The Morgan fingerprint density at radius 2 is 2.38 bits per heavy atom. The molecule has 0 bridgehead atoms. The number of nitrogens with two attached hydrogens (primary N) is 1. The molecule has 1 aliphatic carbocycles. The van der Waals surface area contributed by atoms with E-state index < -0.39 is 0 Å². The van der Waals surface area contributed by atoms with E-state index in [0.29, 0.717) is 0 Å². The Morgan fingerprint density at radius 1 is 1.54 bits per heavy atom. The summed E-state index contributed by atoms with van der Waals surface area (Å²) >= 11 is 0. The third-order valence-corrected chi connectivity index (χ3v) is 2.91. The Balaban J connectivity index is 2.02. The number of rotatable bonds is 4. The van der Waals surface area contributed by atoms with Gasteiger partial charge in [0.25, 0.3) is 0 Å². The molecule has 0 aromatic carbocycles. The standard InChI is InChI=1S/C10H17N3/c11-6-2-5-9-7-12-13-10(9)8-3-1-4-8/h7-8H,1-6,11H2,(H,12,13). The van der Waals surface area contributed by atoms with E-state index in [4.69, 9.17) is 5.73 Å². The van der Waals surface area contributed by atoms with Crippen LogP contribution in [0.2, 0.25) is 0 Å². The molecule has 1 fully saturated rings. The molecule has 2 rings (SSSR count). The summed E-state index contributed by atoms with van der Waals surface area (Å²) < 4.78 is 0. The maximum atomic E-state index is 5.49. The lowest BCUT2D eigenvalue weighted by atomic mass is 9.81. The second kappa shape index (κ2) is 3.92. The van der Waals surface area contributed by atoms with Crippen molar-refractivity contribution in [1.82, 2.24) is 10.2 Å². The van der Waals surface area contributed by atoms with Crippen LogP contribution in [0.15, 0.2) is 6.20 Å². The van der Waals surface area contributed by atoms with E-state index in [1.807, 2.05) is 6.20 Å². The maximum absolute atomic E-state index is 5.49. The summed E-state index contributed by atoms with van der Waals surface area (Å²) in [6.07, 6.45) is 8.15. The number of aromatic amines is 1. The Hall–Kier alpha value is -0.830. The molecule has 1 aromatic heterocycles. The van der Waals surface area contributed by atoms with Gasteiger partial charge >= 0.3 is 0 Å². The van der Waals surface area contributed by atoms with Gasteiger partial charge in [0.05, 0.1) is 6.20 Å². The zero-order valence-corrected chi connectivity index (χ0v) is 7.92. The summed E-state index contributed by atoms with van der Waals surface area (Å²) in [6, 6.07) is 0. The predicted molar refractivity (Wildman–Crippen MR) is 52.6 cm³/mol. The van der Waals surface area contributed by atoms with E-state index in [2.05, 4.69) is 10.2 Å². The van der Waals surface area contributed by atoms with Crippen LogP contribution >= 0.6 is 0 Å². The summed E-state index contributed by atoms with van der Waals surface area (Å²) in [5.74, 6) is 0.760. The van der Waals surface area contributed by atoms with Gasteiger partial charge in [-0.15, -0.1) is 0 Å². The number of hydrogen-bond acceptors (Lipinski definition) is 2. The average Bonchev–Trinajstić information content (AvgIpc) is 2.46. The van der Waals surface area contributed by atoms with Crippen molar-refractivity contribution in [2.45, 2.75) is 38.0 Å². The molecule has 1 saturated carbocycles. The van der Waals surface area contributed by atoms with Gasteiger partial charge in [-0.25, -0.2) is 0 Å². The minimum atomic E-state index is 0.760. The van der Waals surface area contributed by atoms with E-state index in [1.165, 1.54) is 30.5 Å². The smallest absolute Gasteiger partial charge is 0.0522 e. The first-order valence-electron chi connectivity index (χ1n) is 5.14. The van der Waals surface area contributed by atoms with Gasteiger partial charge in [-0.2, -0.15) is 5.10 Å². The van der Waals surface area contributed by atoms with Crippen LogP contribution in [0.5, 0.6) is 0 Å². The SMILES string of the molecule is NCCCc1cn[nH]c1C1CCC1. The van der Waals surface area contributed by atoms with E-state index in [9.17, 15) is 0 Å². The molecule has 1 aliphatic rings. The van der Waals surface area contributed by atoms with Crippen molar-refractivity contribution in [3.63, 3.8) is 0 Å². The van der Waals surface area contributed by atoms with E-state index in [0.717, 1.165) is 25.3 Å². The van der Waals surface area contributed by atoms with Gasteiger partial charge in [0.1, 0.15) is 0 Å². The van der Waals surface area contributed by atoms with Gasteiger partial charge in [0.2, 0.25) is 0 Å². The second-order valence-electron chi connectivity index (χ2n) is 3.83. The first-order chi connectivity index (χ1) is 6.42. The van der Waals surface area contributed by atoms with Crippen LogP contribution in [0.4, 0.5) is 0 Å². The van der Waals surface area contributed by atoms with Crippen molar-refractivity contribution < 1.29 is 0 Å². The van der Waals surface area contributed by atoms with E-state index in [-0.39, 0.29) is 0 Å². The van der Waals surface area contributed by atoms with Crippen molar-refractivity contribution in [3.8, 4) is 0 Å². The summed E-state index contributed by atoms with van der Waals surface area (Å²) in [7, 11) is 0. The molecule has 1 heterocycles. The fourth-order valence-electron chi connectivity index (χ4n) is 1.86. The topological polar surface area (TPSA) is 54.7 Å². The molecule has 3 N–H and O–H groups in total. The number of aryl methyl sites for hydroxylation is 1. The van der Waals surface area contributed by atoms with Gasteiger partial charge in [-0.05, 0) is 37.8 Å². The minimum absolute atomic E-state index is 0.760. The molecule has 0 radical (unpaired) electrons. The van der Waals surface area contributed by atoms with Crippen molar-refractivity contribution in [1.29, 1.82) is 0 Å². The van der Waals surface area contributed by atoms with Crippen LogP contribution in [0.1, 0.15) is 42.9 Å². The predicted octanol–water partition coefficient (Wildman–Crippen LogP) is 1.57. The van der Waals surface area contributed by atoms with Gasteiger partial charge in [0, 0.05) is 11.6 Å². The molecule has 3 nitrogen and oxygen atoms in total. The highest BCUT2D eigenvalue weighted by Gasteiger charge is 2.23. The molecule has 0 aliphatic heterocycles. The molecular weight excluding hydrogens is 162 g/mol. The zero-order chi connectivity index (χ0) is 9.10. The number of nitrogens with one attached hydrogen (secondary N) is 1. The normalized spacial score (nSPS) is 17.3. The Labute approximate surface area is 78.7 Å². The van der Waals surface area contributed by atoms with Crippen LogP contribution in [-0.4, -0.2) is 16.7 Å². The van der Waals surface area contributed by atoms with Crippen LogP contribution in [-0.2, 0) is 6.42 Å². The lowest BCUT2D eigenvalue weighted by Crippen LogP contribution is -2.11. The second-order valence-corrected chi connectivity index (χ2v) is 3.83. The molecule has 1 aromatic rings. The summed E-state index contributed by atoms with van der Waals surface area (Å²) in [6.45, 7) is 0.773. The van der Waals surface area contributed by atoms with Crippen molar-refractivity contribution in [2.24, 2.45) is 5.73 Å². The van der Waals surface area contributed by atoms with Crippen molar-refractivity contribution in [3.05, 3.63) is 17.5 Å². The number of aromatic nitrogens is 2. The number of nitrogens with zero attached hydrogens (tertiary/aromatic N) is 1. The summed E-state index contributed by atoms with van der Waals surface area (Å²) in [5.41, 5.74) is 8.25. The fourth-order valence-corrected chi connectivity index (χ4v) is 1.86. The van der Waals surface area contributed by atoms with E-state index in [1.54, 1.807) is 0 Å². The first-order valence-corrected chi connectivity index (χ1v) is 5.14. The van der Waals surface area contributed by atoms with Crippen LogP contribution in [0.25, 0.3) is 0 Å². The van der Waals surface area contributed by atoms with Crippen LogP contribution < -0.4 is 5.73 Å². The molecule has 0 amide bonds. The average molecular weight is 179 g/mol. The quantitative estimate of drug-likeness (QED) is 0.737. The highest BCUT2D eigenvalue weighted by Crippen LogP contribution is 2.36. The first kappa shape index (κ1) is 8.75. The molecular formula is C10H17N3. The number of H-pyrrole nitrogens is 1. The van der Waals surface area contributed by atoms with Gasteiger partial charge < -0.3 is 5.73 Å². The monoisotopic (exact) mass is 179 g/mol. The molecule has 72 valence electrons. The lowest BCUT2D eigenvalue weighted by molar-refractivity contribution is 0.408. The largest absolute Gasteiger partial charge is 0.330 e. The number of hydrogen-bond donors (Lipinski definition) is 2. The molecule has 3 heteroatoms. The summed E-state index contributed by atoms with van der Waals surface area (Å²) in [4.78, 5) is 0. The van der Waals surface area contributed by atoms with Crippen LogP contribution in [0.3, 0.4) is 0 Å². The fraction of sp³-hybridized carbons (Fsp3) is 0.700. The van der Waals surface area contributed by atoms with Crippen molar-refractivity contribution in [2.75, 3.05) is 6.54 Å². The molecule has 0 atom stereocenters. The van der Waals surface area contributed by atoms with E-state index >= 15 is 0 Å². The van der Waals surface area contributed by atoms with Gasteiger partial charge in [0.15, 0.2) is 0 Å². The minimum Gasteiger partial charge on any atom is -0.330 e. The third-order valence-electron chi connectivity index (χ3n) is 2.91. The highest BCUT2D eigenvalue weighted by atomic mass is 15.1. The van der Waals surface area contributed by atoms with Gasteiger partial charge in [-0.3, -0.25) is 5.10 Å². The zero-order valence-electron chi connectivity index (χ0n) is 7.92. The maximum Gasteiger partial charge on any atom is 0.0522 e. The molecule has 0 saturated heterocycles.